The summed E-state index contributed by atoms with van der Waals surface area (Å²) in [7, 11) is 1.37. The van der Waals surface area contributed by atoms with Crippen LogP contribution in [0.25, 0.3) is 0 Å². The van der Waals surface area contributed by atoms with Crippen molar-refractivity contribution in [1.82, 2.24) is 0 Å². The number of oxime groups is 1. The van der Waals surface area contributed by atoms with Crippen molar-refractivity contribution in [3.63, 3.8) is 0 Å². The van der Waals surface area contributed by atoms with Gasteiger partial charge in [0.25, 0.3) is 0 Å². The van der Waals surface area contributed by atoms with Gasteiger partial charge in [-0.25, -0.2) is 4.39 Å². The van der Waals surface area contributed by atoms with Crippen molar-refractivity contribution in [2.75, 3.05) is 7.11 Å². The molecule has 0 fully saturated rings. The Kier molecular flexibility index (Phi) is 3.08. The van der Waals surface area contributed by atoms with E-state index in [0.717, 1.165) is 6.07 Å². The standard InChI is InChI=1S/C8H8ClFN2O/c1-13-12-8(11)6-3-2-5(10)4-7(6)9/h2-4H,1H3,(H2,11,12). The molecule has 3 nitrogen and oxygen atoms in total. The Hall–Kier alpha value is -1.29. The number of rotatable bonds is 2. The van der Waals surface area contributed by atoms with Crippen LogP contribution < -0.4 is 5.73 Å². The molecule has 0 aliphatic heterocycles. The highest BCUT2D eigenvalue weighted by Gasteiger charge is 2.05. The summed E-state index contributed by atoms with van der Waals surface area (Å²) in [5.74, 6) is -0.300. The molecule has 1 aromatic rings. The fourth-order valence-electron chi connectivity index (χ4n) is 0.845. The number of nitrogens with zero attached hydrogens (tertiary/aromatic N) is 1. The maximum absolute atomic E-state index is 12.6. The lowest BCUT2D eigenvalue weighted by Gasteiger charge is -2.01. The summed E-state index contributed by atoms with van der Waals surface area (Å²) in [5, 5.41) is 3.68. The zero-order chi connectivity index (χ0) is 9.84. The summed E-state index contributed by atoms with van der Waals surface area (Å²) in [6.45, 7) is 0. The van der Waals surface area contributed by atoms with Crippen molar-refractivity contribution in [3.05, 3.63) is 34.6 Å². The van der Waals surface area contributed by atoms with Crippen molar-refractivity contribution in [2.24, 2.45) is 10.9 Å². The molecule has 1 rings (SSSR count). The third kappa shape index (κ3) is 2.32. The largest absolute Gasteiger partial charge is 0.397 e. The van der Waals surface area contributed by atoms with Gasteiger partial charge >= 0.3 is 0 Å². The summed E-state index contributed by atoms with van der Waals surface area (Å²) < 4.78 is 12.6. The smallest absolute Gasteiger partial charge is 0.171 e. The van der Waals surface area contributed by atoms with E-state index in [4.69, 9.17) is 17.3 Å². The monoisotopic (exact) mass is 202 g/mol. The van der Waals surface area contributed by atoms with E-state index in [0.29, 0.717) is 5.56 Å². The summed E-state index contributed by atoms with van der Waals surface area (Å²) in [6, 6.07) is 3.85. The molecule has 13 heavy (non-hydrogen) atoms. The van der Waals surface area contributed by atoms with E-state index in [2.05, 4.69) is 9.99 Å². The van der Waals surface area contributed by atoms with Gasteiger partial charge < -0.3 is 10.6 Å². The SMILES string of the molecule is CO/N=C(/N)c1ccc(F)cc1Cl. The first-order chi connectivity index (χ1) is 6.15. The second-order valence-corrected chi connectivity index (χ2v) is 2.69. The first-order valence-electron chi connectivity index (χ1n) is 3.47. The predicted octanol–water partition coefficient (Wildman–Crippen LogP) is 1.75. The van der Waals surface area contributed by atoms with Crippen LogP contribution in [-0.2, 0) is 4.84 Å². The van der Waals surface area contributed by atoms with Crippen molar-refractivity contribution in [2.45, 2.75) is 0 Å². The molecule has 0 aliphatic carbocycles. The zero-order valence-corrected chi connectivity index (χ0v) is 7.68. The van der Waals surface area contributed by atoms with Crippen LogP contribution in [0.5, 0.6) is 0 Å². The van der Waals surface area contributed by atoms with Crippen molar-refractivity contribution < 1.29 is 9.23 Å². The molecule has 5 heteroatoms. The first-order valence-corrected chi connectivity index (χ1v) is 3.85. The van der Waals surface area contributed by atoms with Crippen LogP contribution in [0.4, 0.5) is 4.39 Å². The highest BCUT2D eigenvalue weighted by molar-refractivity contribution is 6.34. The van der Waals surface area contributed by atoms with Crippen LogP contribution in [0.15, 0.2) is 23.4 Å². The minimum atomic E-state index is -0.418. The topological polar surface area (TPSA) is 47.6 Å². The van der Waals surface area contributed by atoms with Gasteiger partial charge in [0.15, 0.2) is 5.84 Å². The molecular formula is C8H8ClFN2O. The maximum atomic E-state index is 12.6. The summed E-state index contributed by atoms with van der Waals surface area (Å²) in [4.78, 5) is 4.45. The number of hydrogen-bond donors (Lipinski definition) is 1. The molecular weight excluding hydrogens is 195 g/mol. The number of hydrogen-bond acceptors (Lipinski definition) is 2. The van der Waals surface area contributed by atoms with Gasteiger partial charge in [-0.2, -0.15) is 0 Å². The normalized spacial score (nSPS) is 11.5. The lowest BCUT2D eigenvalue weighted by molar-refractivity contribution is 0.213. The van der Waals surface area contributed by atoms with Gasteiger partial charge in [-0.3, -0.25) is 0 Å². The molecule has 0 atom stereocenters. The van der Waals surface area contributed by atoms with E-state index in [1.54, 1.807) is 0 Å². The average molecular weight is 203 g/mol. The predicted molar refractivity (Wildman–Crippen MR) is 49.1 cm³/mol. The van der Waals surface area contributed by atoms with Crippen molar-refractivity contribution in [1.29, 1.82) is 0 Å². The van der Waals surface area contributed by atoms with Crippen LogP contribution in [0.1, 0.15) is 5.56 Å². The Bertz CT molecular complexity index is 341. The van der Waals surface area contributed by atoms with E-state index in [1.165, 1.54) is 19.2 Å². The van der Waals surface area contributed by atoms with Gasteiger partial charge in [0.05, 0.1) is 5.02 Å². The van der Waals surface area contributed by atoms with Gasteiger partial charge in [-0.15, -0.1) is 0 Å². The third-order valence-corrected chi connectivity index (χ3v) is 1.71. The van der Waals surface area contributed by atoms with Crippen LogP contribution in [0.2, 0.25) is 5.02 Å². The first kappa shape index (κ1) is 9.80. The number of benzene rings is 1. The van der Waals surface area contributed by atoms with Gasteiger partial charge in [-0.05, 0) is 18.2 Å². The molecule has 0 heterocycles. The Labute approximate surface area is 79.9 Å². The van der Waals surface area contributed by atoms with E-state index >= 15 is 0 Å². The molecule has 0 unspecified atom stereocenters. The molecule has 0 saturated heterocycles. The number of halogens is 2. The Morgan fingerprint density at radius 1 is 1.62 bits per heavy atom. The molecule has 0 amide bonds. The second-order valence-electron chi connectivity index (χ2n) is 2.28. The van der Waals surface area contributed by atoms with Crippen LogP contribution in [-0.4, -0.2) is 12.9 Å². The molecule has 1 aromatic carbocycles. The van der Waals surface area contributed by atoms with Gasteiger partial charge in [0.1, 0.15) is 12.9 Å². The summed E-state index contributed by atoms with van der Waals surface area (Å²) >= 11 is 5.70. The molecule has 0 spiro atoms. The van der Waals surface area contributed by atoms with E-state index in [-0.39, 0.29) is 10.9 Å². The number of amidine groups is 1. The lowest BCUT2D eigenvalue weighted by atomic mass is 10.2. The molecule has 0 aliphatic rings. The van der Waals surface area contributed by atoms with E-state index in [9.17, 15) is 4.39 Å². The third-order valence-electron chi connectivity index (χ3n) is 1.40. The average Bonchev–Trinajstić information content (AvgIpc) is 2.04. The Balaban J connectivity index is 3.09. The summed E-state index contributed by atoms with van der Waals surface area (Å²) in [5.41, 5.74) is 5.92. The highest BCUT2D eigenvalue weighted by atomic mass is 35.5. The van der Waals surface area contributed by atoms with Gasteiger partial charge in [-0.1, -0.05) is 16.8 Å². The minimum absolute atomic E-state index is 0.118. The van der Waals surface area contributed by atoms with E-state index in [1.807, 2.05) is 0 Å². The van der Waals surface area contributed by atoms with Crippen LogP contribution >= 0.6 is 11.6 Å². The molecule has 0 aromatic heterocycles. The second kappa shape index (κ2) is 4.09. The quantitative estimate of drug-likeness (QED) is 0.451. The van der Waals surface area contributed by atoms with Crippen LogP contribution in [0, 0.1) is 5.82 Å². The molecule has 0 radical (unpaired) electrons. The number of nitrogens with two attached hydrogens (primary N) is 1. The molecule has 0 saturated carbocycles. The highest BCUT2D eigenvalue weighted by Crippen LogP contribution is 2.16. The molecule has 0 bridgehead atoms. The van der Waals surface area contributed by atoms with Crippen molar-refractivity contribution >= 4 is 17.4 Å². The van der Waals surface area contributed by atoms with Crippen LogP contribution in [0.3, 0.4) is 0 Å². The Morgan fingerprint density at radius 2 is 2.31 bits per heavy atom. The summed E-state index contributed by atoms with van der Waals surface area (Å²) in [6.07, 6.45) is 0. The van der Waals surface area contributed by atoms with E-state index < -0.39 is 5.82 Å². The van der Waals surface area contributed by atoms with Crippen molar-refractivity contribution in [3.8, 4) is 0 Å². The molecule has 70 valence electrons. The van der Waals surface area contributed by atoms with Gasteiger partial charge in [0, 0.05) is 5.56 Å². The van der Waals surface area contributed by atoms with Gasteiger partial charge in [0.2, 0.25) is 0 Å². The fraction of sp³-hybridized carbons (Fsp3) is 0.125. The zero-order valence-electron chi connectivity index (χ0n) is 6.92. The maximum Gasteiger partial charge on any atom is 0.171 e. The fourth-order valence-corrected chi connectivity index (χ4v) is 1.11. The lowest BCUT2D eigenvalue weighted by Crippen LogP contribution is -2.14. The Morgan fingerprint density at radius 3 is 2.85 bits per heavy atom. The molecule has 2 N–H and O–H groups in total. The minimum Gasteiger partial charge on any atom is -0.397 e.